The lowest BCUT2D eigenvalue weighted by atomic mass is 9.80. The van der Waals surface area contributed by atoms with Crippen LogP contribution in [0.3, 0.4) is 0 Å². The molecule has 1 aliphatic carbocycles. The van der Waals surface area contributed by atoms with Gasteiger partial charge < -0.3 is 19.1 Å². The lowest BCUT2D eigenvalue weighted by Crippen LogP contribution is -2.39. The molecule has 0 spiro atoms. The highest BCUT2D eigenvalue weighted by atomic mass is 16.5. The van der Waals surface area contributed by atoms with Crippen LogP contribution in [0, 0.1) is 5.92 Å². The number of carbonyl (C=O) groups is 2. The molecular weight excluding hydrogens is 468 g/mol. The third-order valence-corrected chi connectivity index (χ3v) is 6.57. The minimum Gasteiger partial charge on any atom is -0.452 e. The molecule has 0 fully saturated rings. The molecule has 4 rings (SSSR count). The van der Waals surface area contributed by atoms with Crippen LogP contribution in [0.25, 0.3) is 22.6 Å². The monoisotopic (exact) mass is 502 g/mol. The van der Waals surface area contributed by atoms with Gasteiger partial charge in [0.2, 0.25) is 0 Å². The number of para-hydroxylation sites is 1. The van der Waals surface area contributed by atoms with Crippen molar-refractivity contribution in [2.24, 2.45) is 5.92 Å². The van der Waals surface area contributed by atoms with E-state index < -0.39 is 5.97 Å². The summed E-state index contributed by atoms with van der Waals surface area (Å²) in [5.41, 5.74) is 5.14. The molecule has 37 heavy (non-hydrogen) atoms. The van der Waals surface area contributed by atoms with Crippen molar-refractivity contribution >= 4 is 34.4 Å². The quantitative estimate of drug-likeness (QED) is 0.376. The normalized spacial score (nSPS) is 16.0. The van der Waals surface area contributed by atoms with Crippen molar-refractivity contribution in [3.63, 3.8) is 0 Å². The Morgan fingerprint density at radius 2 is 1.65 bits per heavy atom. The average molecular weight is 503 g/mol. The summed E-state index contributed by atoms with van der Waals surface area (Å²) in [7, 11) is 3.16. The molecule has 7 heteroatoms. The van der Waals surface area contributed by atoms with Crippen molar-refractivity contribution < 1.29 is 23.8 Å². The van der Waals surface area contributed by atoms with Crippen LogP contribution in [0.2, 0.25) is 0 Å². The lowest BCUT2D eigenvalue weighted by molar-refractivity contribution is -0.135. The molecule has 0 bridgehead atoms. The summed E-state index contributed by atoms with van der Waals surface area (Å²) in [4.78, 5) is 33.0. The standard InChI is InChI=1S/C30H34N2O5/c1-21-17-23(19-22-9-5-4-6-10-22)29-25(18-21)28(24-11-7-8-12-26(24)31-29)30(34)37-20-27(33)32(13-15-35-2)14-16-36-3/h4-12,19,21H,13-18,20H2,1-3H3/b23-19-. The van der Waals surface area contributed by atoms with Gasteiger partial charge in [0.25, 0.3) is 5.91 Å². The van der Waals surface area contributed by atoms with E-state index in [1.165, 1.54) is 0 Å². The number of pyridine rings is 1. The van der Waals surface area contributed by atoms with E-state index in [0.717, 1.165) is 39.7 Å². The lowest BCUT2D eigenvalue weighted by Gasteiger charge is -2.27. The molecule has 0 saturated carbocycles. The first-order chi connectivity index (χ1) is 18.0. The zero-order chi connectivity index (χ0) is 26.2. The maximum Gasteiger partial charge on any atom is 0.339 e. The summed E-state index contributed by atoms with van der Waals surface area (Å²) in [6, 6.07) is 17.7. The number of carbonyl (C=O) groups excluding carboxylic acids is 2. The van der Waals surface area contributed by atoms with E-state index in [-0.39, 0.29) is 12.5 Å². The summed E-state index contributed by atoms with van der Waals surface area (Å²) in [6.45, 7) is 3.41. The Balaban J connectivity index is 1.67. The van der Waals surface area contributed by atoms with Gasteiger partial charge >= 0.3 is 5.97 Å². The fourth-order valence-electron chi connectivity index (χ4n) is 4.77. The predicted molar refractivity (Wildman–Crippen MR) is 144 cm³/mol. The molecule has 1 aliphatic rings. The summed E-state index contributed by atoms with van der Waals surface area (Å²) >= 11 is 0. The Kier molecular flexibility index (Phi) is 9.04. The zero-order valence-corrected chi connectivity index (χ0v) is 21.7. The van der Waals surface area contributed by atoms with Gasteiger partial charge in [0.15, 0.2) is 6.61 Å². The number of rotatable bonds is 10. The number of ether oxygens (including phenoxy) is 3. The number of hydrogen-bond donors (Lipinski definition) is 0. The smallest absolute Gasteiger partial charge is 0.339 e. The van der Waals surface area contributed by atoms with Gasteiger partial charge in [-0.15, -0.1) is 0 Å². The molecule has 0 saturated heterocycles. The Labute approximate surface area is 218 Å². The van der Waals surface area contributed by atoms with E-state index in [9.17, 15) is 9.59 Å². The highest BCUT2D eigenvalue weighted by Gasteiger charge is 2.29. The number of amides is 1. The van der Waals surface area contributed by atoms with Gasteiger partial charge in [-0.25, -0.2) is 9.78 Å². The van der Waals surface area contributed by atoms with Crippen molar-refractivity contribution in [3.8, 4) is 0 Å². The molecule has 1 aromatic heterocycles. The molecule has 1 atom stereocenters. The molecule has 3 aromatic rings. The maximum absolute atomic E-state index is 13.6. The third-order valence-electron chi connectivity index (χ3n) is 6.57. The molecule has 194 valence electrons. The summed E-state index contributed by atoms with van der Waals surface area (Å²) in [6.07, 6.45) is 3.73. The molecule has 7 nitrogen and oxygen atoms in total. The van der Waals surface area contributed by atoms with Crippen LogP contribution in [0.1, 0.15) is 40.5 Å². The Bertz CT molecular complexity index is 1260. The summed E-state index contributed by atoms with van der Waals surface area (Å²) in [5, 5.41) is 0.738. The van der Waals surface area contributed by atoms with Gasteiger partial charge in [-0.05, 0) is 47.6 Å². The van der Waals surface area contributed by atoms with Crippen molar-refractivity contribution in [2.45, 2.75) is 19.8 Å². The number of hydrogen-bond acceptors (Lipinski definition) is 6. The van der Waals surface area contributed by atoms with Crippen LogP contribution in [0.5, 0.6) is 0 Å². The van der Waals surface area contributed by atoms with Crippen molar-refractivity contribution in [3.05, 3.63) is 77.0 Å². The SMILES string of the molecule is COCCN(CCOC)C(=O)COC(=O)c1c2c(nc3ccccc13)/C(=C\c1ccccc1)CC(C)C2. The molecule has 0 radical (unpaired) electrons. The summed E-state index contributed by atoms with van der Waals surface area (Å²) in [5.74, 6) is -0.459. The largest absolute Gasteiger partial charge is 0.452 e. The number of allylic oxidation sites excluding steroid dienone is 1. The first-order valence-electron chi connectivity index (χ1n) is 12.6. The predicted octanol–water partition coefficient (Wildman–Crippen LogP) is 4.64. The van der Waals surface area contributed by atoms with E-state index >= 15 is 0 Å². The fraction of sp³-hybridized carbons (Fsp3) is 0.367. The van der Waals surface area contributed by atoms with Gasteiger partial charge in [0.05, 0.1) is 30.0 Å². The highest BCUT2D eigenvalue weighted by molar-refractivity contribution is 6.07. The van der Waals surface area contributed by atoms with Crippen molar-refractivity contribution in [2.75, 3.05) is 47.1 Å². The second-order valence-electron chi connectivity index (χ2n) is 9.37. The van der Waals surface area contributed by atoms with Crippen LogP contribution in [0.15, 0.2) is 54.6 Å². The number of esters is 1. The molecule has 0 aliphatic heterocycles. The molecule has 0 N–H and O–H groups in total. The Morgan fingerprint density at radius 1 is 0.973 bits per heavy atom. The van der Waals surface area contributed by atoms with Crippen LogP contribution in [0.4, 0.5) is 0 Å². The number of benzene rings is 2. The number of fused-ring (bicyclic) bond motifs is 2. The van der Waals surface area contributed by atoms with Crippen molar-refractivity contribution in [1.29, 1.82) is 0 Å². The number of nitrogens with zero attached hydrogens (tertiary/aromatic N) is 2. The number of methoxy groups -OCH3 is 2. The maximum atomic E-state index is 13.6. The molecule has 1 amide bonds. The Morgan fingerprint density at radius 3 is 2.35 bits per heavy atom. The zero-order valence-electron chi connectivity index (χ0n) is 21.7. The van der Waals surface area contributed by atoms with Crippen LogP contribution < -0.4 is 0 Å². The van der Waals surface area contributed by atoms with Gasteiger partial charge in [-0.3, -0.25) is 4.79 Å². The van der Waals surface area contributed by atoms with E-state index in [1.807, 2.05) is 42.5 Å². The fourth-order valence-corrected chi connectivity index (χ4v) is 4.77. The second-order valence-corrected chi connectivity index (χ2v) is 9.37. The molecule has 1 unspecified atom stereocenters. The number of aromatic nitrogens is 1. The minimum absolute atomic E-state index is 0.285. The molecule has 2 aromatic carbocycles. The Hall–Kier alpha value is -3.55. The first kappa shape index (κ1) is 26.5. The van der Waals surface area contributed by atoms with E-state index in [0.29, 0.717) is 44.2 Å². The van der Waals surface area contributed by atoms with E-state index in [4.69, 9.17) is 19.2 Å². The van der Waals surface area contributed by atoms with Crippen LogP contribution in [-0.2, 0) is 25.4 Å². The first-order valence-corrected chi connectivity index (χ1v) is 12.6. The van der Waals surface area contributed by atoms with Gasteiger partial charge in [0, 0.05) is 32.7 Å². The average Bonchev–Trinajstić information content (AvgIpc) is 2.91. The molecule has 1 heterocycles. The van der Waals surface area contributed by atoms with E-state index in [1.54, 1.807) is 19.1 Å². The van der Waals surface area contributed by atoms with Gasteiger partial charge in [-0.2, -0.15) is 0 Å². The summed E-state index contributed by atoms with van der Waals surface area (Å²) < 4.78 is 15.9. The van der Waals surface area contributed by atoms with Crippen molar-refractivity contribution in [1.82, 2.24) is 9.88 Å². The third kappa shape index (κ3) is 6.42. The molecular formula is C30H34N2O5. The van der Waals surface area contributed by atoms with Crippen LogP contribution >= 0.6 is 0 Å². The van der Waals surface area contributed by atoms with Gasteiger partial charge in [-0.1, -0.05) is 55.5 Å². The second kappa shape index (κ2) is 12.6. The van der Waals surface area contributed by atoms with Crippen LogP contribution in [-0.4, -0.2) is 68.9 Å². The minimum atomic E-state index is -0.505. The topological polar surface area (TPSA) is 78.0 Å². The van der Waals surface area contributed by atoms with E-state index in [2.05, 4.69) is 25.1 Å². The highest BCUT2D eigenvalue weighted by Crippen LogP contribution is 2.38. The van der Waals surface area contributed by atoms with Gasteiger partial charge in [0.1, 0.15) is 0 Å².